The molecule has 0 saturated carbocycles. The summed E-state index contributed by atoms with van der Waals surface area (Å²) < 4.78 is 5.26. The van der Waals surface area contributed by atoms with E-state index in [-0.39, 0.29) is 0 Å². The minimum absolute atomic E-state index is 0.844. The van der Waals surface area contributed by atoms with Crippen molar-refractivity contribution in [2.75, 3.05) is 13.2 Å². The van der Waals surface area contributed by atoms with Gasteiger partial charge in [-0.3, -0.25) is 0 Å². The molecule has 1 rings (SSSR count). The summed E-state index contributed by atoms with van der Waals surface area (Å²) in [6.45, 7) is 6.56. The van der Waals surface area contributed by atoms with Crippen molar-refractivity contribution in [1.82, 2.24) is 0 Å². The third-order valence-electron chi connectivity index (χ3n) is 1.83. The molecule has 0 aromatic carbocycles. The molecule has 1 aliphatic rings. The fourth-order valence-corrected chi connectivity index (χ4v) is 1.44. The summed E-state index contributed by atoms with van der Waals surface area (Å²) in [4.78, 5) is 0. The van der Waals surface area contributed by atoms with Gasteiger partial charge in [0.25, 0.3) is 0 Å². The van der Waals surface area contributed by atoms with Crippen LogP contribution in [0.2, 0.25) is 0 Å². The lowest BCUT2D eigenvalue weighted by Crippen LogP contribution is -2.02. The van der Waals surface area contributed by atoms with Crippen molar-refractivity contribution in [3.63, 3.8) is 0 Å². The van der Waals surface area contributed by atoms with Crippen molar-refractivity contribution in [2.45, 2.75) is 26.7 Å². The summed E-state index contributed by atoms with van der Waals surface area (Å²) in [6.07, 6.45) is 2.64. The SMILES string of the molecule is CC(C)C[C@H]1CCOC1. The second kappa shape index (κ2) is 3.21. The van der Waals surface area contributed by atoms with E-state index >= 15 is 0 Å². The molecule has 0 bridgehead atoms. The van der Waals surface area contributed by atoms with Gasteiger partial charge in [0.2, 0.25) is 0 Å². The lowest BCUT2D eigenvalue weighted by Gasteiger charge is -2.08. The molecule has 0 N–H and O–H groups in total. The van der Waals surface area contributed by atoms with Crippen LogP contribution in [-0.4, -0.2) is 13.2 Å². The van der Waals surface area contributed by atoms with Gasteiger partial charge in [0.1, 0.15) is 0 Å². The normalized spacial score (nSPS) is 27.7. The van der Waals surface area contributed by atoms with Gasteiger partial charge in [0, 0.05) is 13.2 Å². The average Bonchev–Trinajstić information content (AvgIpc) is 2.15. The standard InChI is InChI=1S/C8H16O/c1-7(2)5-8-3-4-9-6-8/h7-8H,3-6H2,1-2H3/t8-/m1/s1. The van der Waals surface area contributed by atoms with Crippen molar-refractivity contribution in [3.05, 3.63) is 0 Å². The number of hydrogen-bond acceptors (Lipinski definition) is 1. The Morgan fingerprint density at radius 1 is 1.56 bits per heavy atom. The minimum atomic E-state index is 0.844. The number of rotatable bonds is 2. The summed E-state index contributed by atoms with van der Waals surface area (Å²) in [7, 11) is 0. The molecule has 0 aromatic heterocycles. The monoisotopic (exact) mass is 128 g/mol. The topological polar surface area (TPSA) is 9.23 Å². The van der Waals surface area contributed by atoms with Gasteiger partial charge in [0.05, 0.1) is 0 Å². The van der Waals surface area contributed by atoms with Crippen LogP contribution < -0.4 is 0 Å². The fraction of sp³-hybridized carbons (Fsp3) is 1.00. The van der Waals surface area contributed by atoms with Crippen LogP contribution in [0.25, 0.3) is 0 Å². The first-order chi connectivity index (χ1) is 4.29. The van der Waals surface area contributed by atoms with Crippen LogP contribution >= 0.6 is 0 Å². The molecule has 0 unspecified atom stereocenters. The lowest BCUT2D eigenvalue weighted by atomic mass is 9.97. The van der Waals surface area contributed by atoms with E-state index in [0.29, 0.717) is 0 Å². The smallest absolute Gasteiger partial charge is 0.0495 e. The van der Waals surface area contributed by atoms with E-state index in [1.165, 1.54) is 12.8 Å². The van der Waals surface area contributed by atoms with E-state index < -0.39 is 0 Å². The highest BCUT2D eigenvalue weighted by Crippen LogP contribution is 2.20. The van der Waals surface area contributed by atoms with Crippen LogP contribution in [0.1, 0.15) is 26.7 Å². The third kappa shape index (κ3) is 2.35. The highest BCUT2D eigenvalue weighted by molar-refractivity contribution is 4.65. The highest BCUT2D eigenvalue weighted by Gasteiger charge is 2.15. The summed E-state index contributed by atoms with van der Waals surface area (Å²) in [5.41, 5.74) is 0. The predicted molar refractivity (Wildman–Crippen MR) is 38.4 cm³/mol. The van der Waals surface area contributed by atoms with E-state index in [9.17, 15) is 0 Å². The van der Waals surface area contributed by atoms with Crippen LogP contribution in [-0.2, 0) is 4.74 Å². The summed E-state index contributed by atoms with van der Waals surface area (Å²) in [5.74, 6) is 1.71. The second-order valence-electron chi connectivity index (χ2n) is 3.36. The van der Waals surface area contributed by atoms with Crippen LogP contribution in [0.15, 0.2) is 0 Å². The van der Waals surface area contributed by atoms with E-state index in [0.717, 1.165) is 25.0 Å². The quantitative estimate of drug-likeness (QED) is 0.553. The highest BCUT2D eigenvalue weighted by atomic mass is 16.5. The van der Waals surface area contributed by atoms with E-state index in [4.69, 9.17) is 4.74 Å². The maximum absolute atomic E-state index is 5.26. The second-order valence-corrected chi connectivity index (χ2v) is 3.36. The van der Waals surface area contributed by atoms with Gasteiger partial charge in [-0.15, -0.1) is 0 Å². The molecule has 1 fully saturated rings. The Balaban J connectivity index is 2.11. The summed E-state index contributed by atoms with van der Waals surface area (Å²) in [5, 5.41) is 0. The van der Waals surface area contributed by atoms with E-state index in [1.54, 1.807) is 0 Å². The first-order valence-electron chi connectivity index (χ1n) is 3.87. The zero-order valence-electron chi connectivity index (χ0n) is 6.39. The average molecular weight is 128 g/mol. The zero-order chi connectivity index (χ0) is 6.69. The minimum Gasteiger partial charge on any atom is -0.381 e. The molecule has 0 amide bonds. The maximum atomic E-state index is 5.26. The molecule has 1 atom stereocenters. The Labute approximate surface area is 57.4 Å². The molecule has 1 nitrogen and oxygen atoms in total. The summed E-state index contributed by atoms with van der Waals surface area (Å²) >= 11 is 0. The molecule has 54 valence electrons. The maximum Gasteiger partial charge on any atom is 0.0495 e. The fourth-order valence-electron chi connectivity index (χ4n) is 1.44. The van der Waals surface area contributed by atoms with Gasteiger partial charge in [-0.05, 0) is 24.7 Å². The predicted octanol–water partition coefficient (Wildman–Crippen LogP) is 2.07. The first kappa shape index (κ1) is 7.07. The van der Waals surface area contributed by atoms with Crippen molar-refractivity contribution in [2.24, 2.45) is 11.8 Å². The first-order valence-corrected chi connectivity index (χ1v) is 3.87. The van der Waals surface area contributed by atoms with Gasteiger partial charge in [-0.25, -0.2) is 0 Å². The molecule has 1 aliphatic heterocycles. The molecule has 0 spiro atoms. The van der Waals surface area contributed by atoms with Crippen LogP contribution in [0.4, 0.5) is 0 Å². The zero-order valence-corrected chi connectivity index (χ0v) is 6.39. The molecule has 0 aromatic rings. The Morgan fingerprint density at radius 2 is 2.33 bits per heavy atom. The Kier molecular flexibility index (Phi) is 2.52. The van der Waals surface area contributed by atoms with Crippen LogP contribution in [0.5, 0.6) is 0 Å². The van der Waals surface area contributed by atoms with Crippen LogP contribution in [0.3, 0.4) is 0 Å². The Bertz CT molecular complexity index is 72.6. The molecule has 9 heavy (non-hydrogen) atoms. The van der Waals surface area contributed by atoms with Crippen molar-refractivity contribution < 1.29 is 4.74 Å². The number of hydrogen-bond donors (Lipinski definition) is 0. The molecule has 1 heterocycles. The largest absolute Gasteiger partial charge is 0.381 e. The molecule has 0 aliphatic carbocycles. The molecular weight excluding hydrogens is 112 g/mol. The molecule has 0 radical (unpaired) electrons. The van der Waals surface area contributed by atoms with Gasteiger partial charge >= 0.3 is 0 Å². The van der Waals surface area contributed by atoms with Crippen LogP contribution in [0, 0.1) is 11.8 Å². The van der Waals surface area contributed by atoms with Gasteiger partial charge < -0.3 is 4.74 Å². The van der Waals surface area contributed by atoms with Gasteiger partial charge in [-0.2, -0.15) is 0 Å². The molecule has 1 heteroatoms. The molecule has 1 saturated heterocycles. The summed E-state index contributed by atoms with van der Waals surface area (Å²) in [6, 6.07) is 0. The van der Waals surface area contributed by atoms with E-state index in [1.807, 2.05) is 0 Å². The van der Waals surface area contributed by atoms with E-state index in [2.05, 4.69) is 13.8 Å². The van der Waals surface area contributed by atoms with Crippen molar-refractivity contribution >= 4 is 0 Å². The van der Waals surface area contributed by atoms with Crippen molar-refractivity contribution in [1.29, 1.82) is 0 Å². The third-order valence-corrected chi connectivity index (χ3v) is 1.83. The lowest BCUT2D eigenvalue weighted by molar-refractivity contribution is 0.181. The van der Waals surface area contributed by atoms with Gasteiger partial charge in [0.15, 0.2) is 0 Å². The van der Waals surface area contributed by atoms with Crippen molar-refractivity contribution in [3.8, 4) is 0 Å². The number of ether oxygens (including phenoxy) is 1. The Hall–Kier alpha value is -0.0400. The van der Waals surface area contributed by atoms with Gasteiger partial charge in [-0.1, -0.05) is 13.8 Å². The molecular formula is C8H16O. The Morgan fingerprint density at radius 3 is 2.78 bits per heavy atom.